The average molecular weight is 538 g/mol. The van der Waals surface area contributed by atoms with Gasteiger partial charge in [-0.25, -0.2) is 17.6 Å². The monoisotopic (exact) mass is 537 g/mol. The number of hydrogen-bond donors (Lipinski definition) is 2. The van der Waals surface area contributed by atoms with E-state index in [2.05, 4.69) is 5.32 Å². The summed E-state index contributed by atoms with van der Waals surface area (Å²) in [5.74, 6) is -1.67. The second-order valence-corrected chi connectivity index (χ2v) is 12.6. The minimum atomic E-state index is -3.97. The van der Waals surface area contributed by atoms with Crippen molar-refractivity contribution >= 4 is 33.5 Å². The van der Waals surface area contributed by atoms with Crippen molar-refractivity contribution in [3.8, 4) is 0 Å². The number of benzene rings is 2. The van der Waals surface area contributed by atoms with E-state index in [0.717, 1.165) is 0 Å². The summed E-state index contributed by atoms with van der Waals surface area (Å²) in [6.45, 7) is 3.14. The summed E-state index contributed by atoms with van der Waals surface area (Å²) in [5.41, 5.74) is 3.84. The van der Waals surface area contributed by atoms with E-state index in [1.165, 1.54) is 35.7 Å². The van der Waals surface area contributed by atoms with Crippen LogP contribution in [0.25, 0.3) is 0 Å². The van der Waals surface area contributed by atoms with Gasteiger partial charge >= 0.3 is 5.97 Å². The van der Waals surface area contributed by atoms with Crippen molar-refractivity contribution in [2.45, 2.75) is 61.7 Å². The zero-order valence-electron chi connectivity index (χ0n) is 20.3. The topological polar surface area (TPSA) is 119 Å². The molecule has 0 radical (unpaired) electrons. The highest BCUT2D eigenvalue weighted by atomic mass is 35.5. The van der Waals surface area contributed by atoms with Gasteiger partial charge < -0.3 is 15.8 Å². The SMILES string of the molecule is COC(=O)[C@H](NC(=O)C12CC(N(Cc3ccc(Cl)c(F)c3)S(=O)(=O)c3ccccc3)(C1)C2)C(C)(C)N. The van der Waals surface area contributed by atoms with Crippen molar-refractivity contribution in [2.24, 2.45) is 11.1 Å². The average Bonchev–Trinajstić information content (AvgIpc) is 2.76. The third-order valence-electron chi connectivity index (χ3n) is 7.11. The normalized spacial score (nSPS) is 23.9. The van der Waals surface area contributed by atoms with Crippen LogP contribution >= 0.6 is 11.6 Å². The maximum atomic E-state index is 14.1. The van der Waals surface area contributed by atoms with Gasteiger partial charge in [-0.3, -0.25) is 4.79 Å². The Hall–Kier alpha value is -2.53. The molecule has 194 valence electrons. The Morgan fingerprint density at radius 3 is 2.33 bits per heavy atom. The summed E-state index contributed by atoms with van der Waals surface area (Å²) >= 11 is 5.81. The van der Waals surface area contributed by atoms with Crippen molar-refractivity contribution in [2.75, 3.05) is 7.11 Å². The number of nitrogens with zero attached hydrogens (tertiary/aromatic N) is 1. The fourth-order valence-electron chi connectivity index (χ4n) is 5.22. The molecule has 0 unspecified atom stereocenters. The van der Waals surface area contributed by atoms with Crippen LogP contribution in [-0.4, -0.2) is 48.8 Å². The highest BCUT2D eigenvalue weighted by Gasteiger charge is 2.75. The smallest absolute Gasteiger partial charge is 0.330 e. The van der Waals surface area contributed by atoms with Crippen molar-refractivity contribution in [3.63, 3.8) is 0 Å². The van der Waals surface area contributed by atoms with Gasteiger partial charge in [0.1, 0.15) is 11.9 Å². The maximum absolute atomic E-state index is 14.1. The van der Waals surface area contributed by atoms with Gasteiger partial charge in [0.2, 0.25) is 15.9 Å². The first-order chi connectivity index (χ1) is 16.7. The molecule has 3 aliphatic carbocycles. The molecule has 1 amide bonds. The molecular formula is C25H29ClFN3O5S. The largest absolute Gasteiger partial charge is 0.467 e. The minimum absolute atomic E-state index is 0.0552. The van der Waals surface area contributed by atoms with Gasteiger partial charge in [-0.1, -0.05) is 35.9 Å². The number of nitrogens with two attached hydrogens (primary N) is 1. The lowest BCUT2D eigenvalue weighted by Gasteiger charge is -2.72. The molecule has 5 rings (SSSR count). The van der Waals surface area contributed by atoms with E-state index in [1.807, 2.05) is 0 Å². The van der Waals surface area contributed by atoms with Crippen LogP contribution in [0.4, 0.5) is 4.39 Å². The Morgan fingerprint density at radius 1 is 1.19 bits per heavy atom. The molecule has 2 bridgehead atoms. The summed E-state index contributed by atoms with van der Waals surface area (Å²) in [4.78, 5) is 25.5. The lowest BCUT2D eigenvalue weighted by atomic mass is 9.39. The van der Waals surface area contributed by atoms with Crippen LogP contribution in [0.3, 0.4) is 0 Å². The molecule has 0 spiro atoms. The zero-order valence-corrected chi connectivity index (χ0v) is 21.8. The van der Waals surface area contributed by atoms with Gasteiger partial charge in [-0.2, -0.15) is 4.31 Å². The molecule has 2 aromatic rings. The van der Waals surface area contributed by atoms with Crippen LogP contribution in [0.1, 0.15) is 38.7 Å². The molecule has 0 aliphatic heterocycles. The molecule has 3 saturated carbocycles. The lowest BCUT2D eigenvalue weighted by Crippen LogP contribution is -2.79. The van der Waals surface area contributed by atoms with Crippen molar-refractivity contribution in [1.29, 1.82) is 0 Å². The van der Waals surface area contributed by atoms with Gasteiger partial charge in [0.25, 0.3) is 0 Å². The van der Waals surface area contributed by atoms with E-state index < -0.39 is 44.3 Å². The lowest BCUT2D eigenvalue weighted by molar-refractivity contribution is -0.203. The van der Waals surface area contributed by atoms with Crippen molar-refractivity contribution in [3.05, 3.63) is 64.9 Å². The fraction of sp³-hybridized carbons (Fsp3) is 0.440. The summed E-state index contributed by atoms with van der Waals surface area (Å²) in [7, 11) is -2.75. The van der Waals surface area contributed by atoms with Crippen LogP contribution in [0.15, 0.2) is 53.4 Å². The number of sulfonamides is 1. The second kappa shape index (κ2) is 9.09. The first-order valence-corrected chi connectivity index (χ1v) is 13.3. The van der Waals surface area contributed by atoms with Gasteiger partial charge in [-0.05, 0) is 62.9 Å². The number of hydrogen-bond acceptors (Lipinski definition) is 6. The van der Waals surface area contributed by atoms with Gasteiger partial charge in [0.05, 0.1) is 22.4 Å². The molecule has 0 aromatic heterocycles. The van der Waals surface area contributed by atoms with Crippen molar-refractivity contribution < 1.29 is 27.1 Å². The minimum Gasteiger partial charge on any atom is -0.467 e. The quantitative estimate of drug-likeness (QED) is 0.475. The molecule has 2 aromatic carbocycles. The van der Waals surface area contributed by atoms with E-state index in [9.17, 15) is 22.4 Å². The number of halogens is 2. The zero-order chi connectivity index (χ0) is 26.5. The summed E-state index contributed by atoms with van der Waals surface area (Å²) in [5, 5.41) is 2.65. The third-order valence-corrected chi connectivity index (χ3v) is 9.38. The van der Waals surface area contributed by atoms with Crippen molar-refractivity contribution in [1.82, 2.24) is 9.62 Å². The molecular weight excluding hydrogens is 509 g/mol. The molecule has 8 nitrogen and oxygen atoms in total. The molecule has 36 heavy (non-hydrogen) atoms. The highest BCUT2D eigenvalue weighted by molar-refractivity contribution is 7.89. The first-order valence-electron chi connectivity index (χ1n) is 11.4. The van der Waals surface area contributed by atoms with Gasteiger partial charge in [-0.15, -0.1) is 0 Å². The predicted molar refractivity (Wildman–Crippen MR) is 132 cm³/mol. The molecule has 3 N–H and O–H groups in total. The van der Waals surface area contributed by atoms with Gasteiger partial charge in [0.15, 0.2) is 0 Å². The molecule has 3 aliphatic rings. The number of amides is 1. The molecule has 0 saturated heterocycles. The Bertz CT molecular complexity index is 1280. The van der Waals surface area contributed by atoms with E-state index in [0.29, 0.717) is 5.56 Å². The Morgan fingerprint density at radius 2 is 1.81 bits per heavy atom. The fourth-order valence-corrected chi connectivity index (χ4v) is 7.12. The van der Waals surface area contributed by atoms with E-state index >= 15 is 0 Å². The number of carbonyl (C=O) groups is 2. The second-order valence-electron chi connectivity index (χ2n) is 10.4. The number of rotatable bonds is 9. The standard InChI is InChI=1S/C25H29ClFN3O5S/c1-23(2,28)20(21(31)35-3)29-22(32)24-13-25(14-24,15-24)30(12-16-9-10-18(26)19(27)11-16)36(33,34)17-7-5-4-6-8-17/h4-11,20H,12-15,28H2,1-3H3,(H,29,32)/t20-,24?,25?/m0/s1. The number of ether oxygens (including phenoxy) is 1. The summed E-state index contributed by atoms with van der Waals surface area (Å²) < 4.78 is 47.7. The summed E-state index contributed by atoms with van der Waals surface area (Å²) in [6.07, 6.45) is 0.812. The van der Waals surface area contributed by atoms with Crippen LogP contribution in [0.5, 0.6) is 0 Å². The van der Waals surface area contributed by atoms with Crippen LogP contribution in [0, 0.1) is 11.2 Å². The van der Waals surface area contributed by atoms with Crippen LogP contribution in [0.2, 0.25) is 5.02 Å². The molecule has 11 heteroatoms. The highest BCUT2D eigenvalue weighted by Crippen LogP contribution is 2.71. The Kier molecular flexibility index (Phi) is 6.70. The van der Waals surface area contributed by atoms with Crippen LogP contribution in [-0.2, 0) is 30.9 Å². The van der Waals surface area contributed by atoms with E-state index in [4.69, 9.17) is 22.1 Å². The van der Waals surface area contributed by atoms with E-state index in [-0.39, 0.29) is 41.6 Å². The van der Waals surface area contributed by atoms with E-state index in [1.54, 1.807) is 38.1 Å². The first kappa shape index (κ1) is 26.5. The number of nitrogens with one attached hydrogen (secondary N) is 1. The summed E-state index contributed by atoms with van der Waals surface area (Å²) in [6, 6.07) is 11.1. The number of esters is 1. The Labute approximate surface area is 215 Å². The maximum Gasteiger partial charge on any atom is 0.330 e. The number of methoxy groups -OCH3 is 1. The molecule has 0 heterocycles. The van der Waals surface area contributed by atoms with Crippen LogP contribution < -0.4 is 11.1 Å². The third kappa shape index (κ3) is 4.51. The predicted octanol–water partition coefficient (Wildman–Crippen LogP) is 2.99. The van der Waals surface area contributed by atoms with Gasteiger partial charge in [0, 0.05) is 17.6 Å². The molecule has 1 atom stereocenters. The number of carbonyl (C=O) groups excluding carboxylic acids is 2. The Balaban J connectivity index is 1.59. The molecule has 3 fully saturated rings.